The first-order valence-corrected chi connectivity index (χ1v) is 4.38. The van der Waals surface area contributed by atoms with E-state index in [-0.39, 0.29) is 12.0 Å². The average Bonchev–Trinajstić information content (AvgIpc) is 2.50. The molecule has 1 aromatic heterocycles. The van der Waals surface area contributed by atoms with Crippen molar-refractivity contribution in [2.24, 2.45) is 0 Å². The van der Waals surface area contributed by atoms with Crippen molar-refractivity contribution in [3.63, 3.8) is 0 Å². The van der Waals surface area contributed by atoms with Gasteiger partial charge in [0.25, 0.3) is 0 Å². The summed E-state index contributed by atoms with van der Waals surface area (Å²) in [6.45, 7) is 1.84. The zero-order valence-electron chi connectivity index (χ0n) is 6.35. The lowest BCUT2D eigenvalue weighted by atomic mass is 10.4. The number of rotatable bonds is 3. The Hall–Kier alpha value is -0.980. The monoisotopic (exact) mass is 234 g/mol. The van der Waals surface area contributed by atoms with Crippen LogP contribution in [0.3, 0.4) is 0 Å². The van der Waals surface area contributed by atoms with Crippen LogP contribution in [0.15, 0.2) is 6.33 Å². The number of hydrogen-bond acceptors (Lipinski definition) is 4. The Bertz CT molecular complexity index is 287. The molecular weight excluding hydrogens is 228 g/mol. The lowest BCUT2D eigenvalue weighted by Gasteiger charge is -2.04. The second kappa shape index (κ2) is 3.61. The van der Waals surface area contributed by atoms with E-state index in [1.54, 1.807) is 0 Å². The molecule has 7 heteroatoms. The number of nitro groups is 1. The van der Waals surface area contributed by atoms with Gasteiger partial charge in [0, 0.05) is 5.33 Å². The van der Waals surface area contributed by atoms with Crippen LogP contribution in [-0.4, -0.2) is 25.0 Å². The minimum atomic E-state index is -0.549. The van der Waals surface area contributed by atoms with Gasteiger partial charge in [0.2, 0.25) is 0 Å². The highest BCUT2D eigenvalue weighted by molar-refractivity contribution is 9.09. The molecule has 0 amide bonds. The first-order valence-electron chi connectivity index (χ1n) is 3.26. The van der Waals surface area contributed by atoms with Crippen LogP contribution in [0.4, 0.5) is 5.95 Å². The van der Waals surface area contributed by atoms with Crippen molar-refractivity contribution < 1.29 is 4.92 Å². The van der Waals surface area contributed by atoms with Crippen LogP contribution in [0.2, 0.25) is 0 Å². The minimum absolute atomic E-state index is 0.0135. The van der Waals surface area contributed by atoms with Gasteiger partial charge in [0.1, 0.15) is 0 Å². The first-order chi connectivity index (χ1) is 5.66. The lowest BCUT2D eigenvalue weighted by Crippen LogP contribution is -2.08. The third-order valence-corrected chi connectivity index (χ3v) is 2.35. The summed E-state index contributed by atoms with van der Waals surface area (Å²) in [4.78, 5) is 9.82. The predicted molar refractivity (Wildman–Crippen MR) is 45.2 cm³/mol. The largest absolute Gasteiger partial charge is 0.458 e. The van der Waals surface area contributed by atoms with Crippen LogP contribution in [0, 0.1) is 10.1 Å². The van der Waals surface area contributed by atoms with E-state index in [2.05, 4.69) is 26.1 Å². The van der Waals surface area contributed by atoms with E-state index >= 15 is 0 Å². The highest BCUT2D eigenvalue weighted by atomic mass is 79.9. The summed E-state index contributed by atoms with van der Waals surface area (Å²) >= 11 is 3.22. The molecule has 12 heavy (non-hydrogen) atoms. The summed E-state index contributed by atoms with van der Waals surface area (Å²) in [5.41, 5.74) is 0. The van der Waals surface area contributed by atoms with Crippen molar-refractivity contribution in [3.05, 3.63) is 16.4 Å². The second-order valence-electron chi connectivity index (χ2n) is 2.30. The van der Waals surface area contributed by atoms with Crippen molar-refractivity contribution in [1.82, 2.24) is 14.8 Å². The highest BCUT2D eigenvalue weighted by Gasteiger charge is 2.19. The Kier molecular flexibility index (Phi) is 2.74. The Balaban J connectivity index is 2.98. The molecule has 0 N–H and O–H groups in total. The molecule has 1 heterocycles. The molecule has 1 rings (SSSR count). The molecule has 0 aliphatic carbocycles. The smallest absolute Gasteiger partial charge is 0.390 e. The summed E-state index contributed by atoms with van der Waals surface area (Å²) in [5.74, 6) is -0.220. The number of aromatic nitrogens is 3. The Labute approximate surface area is 76.9 Å². The molecule has 0 saturated carbocycles. The SMILES string of the molecule is CC(CBr)n1cnnc1[N+](=O)[O-]. The molecule has 0 aromatic carbocycles. The molecule has 0 aliphatic rings. The molecule has 0 radical (unpaired) electrons. The van der Waals surface area contributed by atoms with E-state index in [0.29, 0.717) is 5.33 Å². The summed E-state index contributed by atoms with van der Waals surface area (Å²) in [6, 6.07) is -0.0135. The minimum Gasteiger partial charge on any atom is -0.390 e. The van der Waals surface area contributed by atoms with Gasteiger partial charge in [-0.1, -0.05) is 15.9 Å². The van der Waals surface area contributed by atoms with Crippen LogP contribution < -0.4 is 0 Å². The maximum atomic E-state index is 10.4. The van der Waals surface area contributed by atoms with Crippen LogP contribution in [0.1, 0.15) is 13.0 Å². The van der Waals surface area contributed by atoms with Gasteiger partial charge >= 0.3 is 5.95 Å². The standard InChI is InChI=1S/C5H7BrN4O2/c1-4(2-6)9-3-7-8-5(9)10(11)12/h3-4H,2H2,1H3. The van der Waals surface area contributed by atoms with Crippen LogP contribution in [0.25, 0.3) is 0 Å². The molecule has 0 spiro atoms. The summed E-state index contributed by atoms with van der Waals surface area (Å²) in [5, 5.41) is 17.8. The zero-order valence-corrected chi connectivity index (χ0v) is 7.93. The van der Waals surface area contributed by atoms with Gasteiger partial charge in [-0.3, -0.25) is 0 Å². The predicted octanol–water partition coefficient (Wildman–Crippen LogP) is 1.14. The fourth-order valence-electron chi connectivity index (χ4n) is 0.752. The highest BCUT2D eigenvalue weighted by Crippen LogP contribution is 2.15. The molecule has 1 aromatic rings. The molecule has 1 atom stereocenters. The third kappa shape index (κ3) is 1.60. The van der Waals surface area contributed by atoms with E-state index in [9.17, 15) is 10.1 Å². The molecule has 66 valence electrons. The summed E-state index contributed by atoms with van der Waals surface area (Å²) in [7, 11) is 0. The van der Waals surface area contributed by atoms with Gasteiger partial charge in [0.05, 0.1) is 11.1 Å². The number of alkyl halides is 1. The van der Waals surface area contributed by atoms with E-state index < -0.39 is 4.92 Å². The van der Waals surface area contributed by atoms with Gasteiger partial charge in [-0.15, -0.1) is 0 Å². The third-order valence-electron chi connectivity index (χ3n) is 1.42. The van der Waals surface area contributed by atoms with Crippen LogP contribution in [0.5, 0.6) is 0 Å². The van der Waals surface area contributed by atoms with E-state index in [4.69, 9.17) is 0 Å². The van der Waals surface area contributed by atoms with Crippen molar-refractivity contribution in [2.45, 2.75) is 13.0 Å². The van der Waals surface area contributed by atoms with E-state index in [0.717, 1.165) is 0 Å². The average molecular weight is 235 g/mol. The number of nitrogens with zero attached hydrogens (tertiary/aromatic N) is 4. The topological polar surface area (TPSA) is 73.8 Å². The van der Waals surface area contributed by atoms with Crippen LogP contribution >= 0.6 is 15.9 Å². The van der Waals surface area contributed by atoms with Gasteiger partial charge in [-0.05, 0) is 16.9 Å². The molecule has 6 nitrogen and oxygen atoms in total. The molecule has 0 bridgehead atoms. The van der Waals surface area contributed by atoms with Crippen molar-refractivity contribution in [1.29, 1.82) is 0 Å². The Morgan fingerprint density at radius 1 is 1.92 bits per heavy atom. The maximum Gasteiger partial charge on any atom is 0.458 e. The quantitative estimate of drug-likeness (QED) is 0.447. The molecule has 1 unspecified atom stereocenters. The van der Waals surface area contributed by atoms with E-state index in [1.165, 1.54) is 10.9 Å². The van der Waals surface area contributed by atoms with Crippen LogP contribution in [-0.2, 0) is 0 Å². The Morgan fingerprint density at radius 2 is 2.58 bits per heavy atom. The number of hydrogen-bond donors (Lipinski definition) is 0. The fourth-order valence-corrected chi connectivity index (χ4v) is 1.06. The number of halogens is 1. The molecule has 0 aliphatic heterocycles. The maximum absolute atomic E-state index is 10.4. The normalized spacial score (nSPS) is 12.8. The van der Waals surface area contributed by atoms with Gasteiger partial charge in [-0.25, -0.2) is 4.57 Å². The van der Waals surface area contributed by atoms with Crippen molar-refractivity contribution in [2.75, 3.05) is 5.33 Å². The lowest BCUT2D eigenvalue weighted by molar-refractivity contribution is -0.397. The van der Waals surface area contributed by atoms with Gasteiger partial charge in [0.15, 0.2) is 6.33 Å². The molecular formula is C5H7BrN4O2. The fraction of sp³-hybridized carbons (Fsp3) is 0.600. The van der Waals surface area contributed by atoms with Crippen molar-refractivity contribution in [3.8, 4) is 0 Å². The van der Waals surface area contributed by atoms with Gasteiger partial charge in [-0.2, -0.15) is 0 Å². The second-order valence-corrected chi connectivity index (χ2v) is 2.95. The summed E-state index contributed by atoms with van der Waals surface area (Å²) < 4.78 is 1.41. The van der Waals surface area contributed by atoms with Crippen molar-refractivity contribution >= 4 is 21.9 Å². The van der Waals surface area contributed by atoms with E-state index in [1.807, 2.05) is 6.92 Å². The van der Waals surface area contributed by atoms with Gasteiger partial charge < -0.3 is 10.1 Å². The molecule has 0 fully saturated rings. The summed E-state index contributed by atoms with van der Waals surface area (Å²) in [6.07, 6.45) is 1.35. The zero-order chi connectivity index (χ0) is 9.14. The molecule has 0 saturated heterocycles. The first kappa shape index (κ1) is 9.11. The Morgan fingerprint density at radius 3 is 3.08 bits per heavy atom.